The summed E-state index contributed by atoms with van der Waals surface area (Å²) in [5.74, 6) is 1.42. The van der Waals surface area contributed by atoms with Gasteiger partial charge in [0.1, 0.15) is 52.7 Å². The average molecular weight is 608 g/mol. The molecule has 0 saturated heterocycles. The van der Waals surface area contributed by atoms with Crippen LogP contribution in [0.3, 0.4) is 0 Å². The molecule has 0 amide bonds. The maximum atomic E-state index is 14.6. The predicted molar refractivity (Wildman–Crippen MR) is 173 cm³/mol. The van der Waals surface area contributed by atoms with E-state index in [1.807, 2.05) is 58.1 Å². The van der Waals surface area contributed by atoms with Gasteiger partial charge in [-0.2, -0.15) is 0 Å². The molecule has 5 aromatic rings. The molecular formula is C37H34FNO6. The number of aromatic nitrogens is 1. The normalized spacial score (nSPS) is 13.3. The number of halogens is 1. The van der Waals surface area contributed by atoms with E-state index in [4.69, 9.17) is 23.4 Å². The maximum absolute atomic E-state index is 14.6. The molecule has 1 aliphatic rings. The number of hydrogen-bond donors (Lipinski definition) is 0. The zero-order valence-corrected chi connectivity index (χ0v) is 25.9. The van der Waals surface area contributed by atoms with E-state index in [0.29, 0.717) is 62.5 Å². The van der Waals surface area contributed by atoms with Crippen molar-refractivity contribution in [2.45, 2.75) is 52.9 Å². The molecule has 1 aliphatic heterocycles. The van der Waals surface area contributed by atoms with E-state index < -0.39 is 5.60 Å². The number of hydrogen-bond acceptors (Lipinski definition) is 7. The van der Waals surface area contributed by atoms with Gasteiger partial charge in [-0.15, -0.1) is 0 Å². The second-order valence-electron chi connectivity index (χ2n) is 11.8. The van der Waals surface area contributed by atoms with E-state index in [-0.39, 0.29) is 24.5 Å². The van der Waals surface area contributed by atoms with Crippen molar-refractivity contribution in [3.63, 3.8) is 0 Å². The molecular weight excluding hydrogens is 573 g/mol. The summed E-state index contributed by atoms with van der Waals surface area (Å²) < 4.78 is 44.8. The summed E-state index contributed by atoms with van der Waals surface area (Å²) in [4.78, 5) is 18.8. The van der Waals surface area contributed by atoms with Crippen LogP contribution in [-0.4, -0.2) is 17.7 Å². The third kappa shape index (κ3) is 6.13. The van der Waals surface area contributed by atoms with Gasteiger partial charge in [-0.3, -0.25) is 9.78 Å². The lowest BCUT2D eigenvalue weighted by Crippen LogP contribution is -2.27. The summed E-state index contributed by atoms with van der Waals surface area (Å²) in [5.41, 5.74) is 3.83. The fraction of sp³-hybridized carbons (Fsp3) is 0.243. The molecule has 8 heteroatoms. The van der Waals surface area contributed by atoms with Crippen LogP contribution in [0.1, 0.15) is 49.9 Å². The highest BCUT2D eigenvalue weighted by atomic mass is 19.1. The Kier molecular flexibility index (Phi) is 8.06. The molecule has 3 aromatic carbocycles. The van der Waals surface area contributed by atoms with Crippen molar-refractivity contribution < 1.29 is 27.8 Å². The van der Waals surface area contributed by atoms with Gasteiger partial charge in [0.05, 0.1) is 18.1 Å². The molecule has 0 atom stereocenters. The summed E-state index contributed by atoms with van der Waals surface area (Å²) >= 11 is 0. The minimum atomic E-state index is -0.565. The number of allylic oxidation sites excluding steroid dienone is 2. The Morgan fingerprint density at radius 1 is 0.978 bits per heavy atom. The summed E-state index contributed by atoms with van der Waals surface area (Å²) in [6.45, 7) is 8.25. The molecule has 7 nitrogen and oxygen atoms in total. The summed E-state index contributed by atoms with van der Waals surface area (Å²) in [5, 5.41) is 0.678. The van der Waals surface area contributed by atoms with Gasteiger partial charge in [-0.25, -0.2) is 4.39 Å². The minimum absolute atomic E-state index is 0.164. The van der Waals surface area contributed by atoms with Gasteiger partial charge in [0.2, 0.25) is 5.43 Å². The smallest absolute Gasteiger partial charge is 0.204 e. The van der Waals surface area contributed by atoms with Crippen LogP contribution < -0.4 is 24.4 Å². The summed E-state index contributed by atoms with van der Waals surface area (Å²) in [7, 11) is 1.54. The monoisotopic (exact) mass is 607 g/mol. The minimum Gasteiger partial charge on any atom is -0.493 e. The molecule has 45 heavy (non-hydrogen) atoms. The highest BCUT2D eigenvalue weighted by Gasteiger charge is 2.29. The first-order valence-electron chi connectivity index (χ1n) is 14.7. The molecule has 0 saturated carbocycles. The molecule has 0 bridgehead atoms. The summed E-state index contributed by atoms with van der Waals surface area (Å²) in [6.07, 6.45) is 9.71. The Bertz CT molecular complexity index is 2010. The van der Waals surface area contributed by atoms with E-state index in [0.717, 1.165) is 16.7 Å². The lowest BCUT2D eigenvalue weighted by Gasteiger charge is -2.29. The molecule has 0 N–H and O–H groups in total. The van der Waals surface area contributed by atoms with Crippen molar-refractivity contribution in [3.8, 4) is 23.0 Å². The quantitative estimate of drug-likeness (QED) is 0.123. The van der Waals surface area contributed by atoms with Crippen molar-refractivity contribution in [2.24, 2.45) is 0 Å². The van der Waals surface area contributed by atoms with Crippen LogP contribution in [-0.2, 0) is 19.6 Å². The number of ether oxygens (including phenoxy) is 4. The number of nitrogens with zero attached hydrogens (tertiary/aromatic N) is 1. The molecule has 0 aliphatic carbocycles. The van der Waals surface area contributed by atoms with Crippen molar-refractivity contribution in [3.05, 3.63) is 117 Å². The lowest BCUT2D eigenvalue weighted by atomic mass is 9.97. The number of pyridine rings is 1. The standard InChI is InChI=1S/C37H34FNO6/c1-22(2)8-13-27-32-29(18-31(35(27)41-5)42-20-23-9-11-25(38)12-10-23)44-30-17-28-26(14-15-37(3,4)45-28)36(33(30)34(32)40)43-21-24-7-6-16-39-19-24/h6-12,14-19H,13,20-21H2,1-5H3. The van der Waals surface area contributed by atoms with E-state index in [1.165, 1.54) is 12.1 Å². The Hall–Kier alpha value is -5.11. The first-order valence-corrected chi connectivity index (χ1v) is 14.7. The zero-order valence-electron chi connectivity index (χ0n) is 25.9. The van der Waals surface area contributed by atoms with Gasteiger partial charge in [0.15, 0.2) is 11.5 Å². The van der Waals surface area contributed by atoms with Crippen LogP contribution in [0.2, 0.25) is 0 Å². The highest BCUT2D eigenvalue weighted by molar-refractivity contribution is 5.99. The fourth-order valence-electron chi connectivity index (χ4n) is 5.37. The second-order valence-corrected chi connectivity index (χ2v) is 11.8. The largest absolute Gasteiger partial charge is 0.493 e. The van der Waals surface area contributed by atoms with Crippen LogP contribution in [0, 0.1) is 5.82 Å². The Morgan fingerprint density at radius 3 is 2.44 bits per heavy atom. The predicted octanol–water partition coefficient (Wildman–Crippen LogP) is 8.34. The van der Waals surface area contributed by atoms with Crippen LogP contribution >= 0.6 is 0 Å². The molecule has 3 heterocycles. The van der Waals surface area contributed by atoms with E-state index >= 15 is 0 Å². The van der Waals surface area contributed by atoms with Gasteiger partial charge in [0.25, 0.3) is 0 Å². The highest BCUT2D eigenvalue weighted by Crippen LogP contribution is 2.44. The third-order valence-electron chi connectivity index (χ3n) is 7.58. The number of benzene rings is 3. The van der Waals surface area contributed by atoms with Crippen LogP contribution in [0.15, 0.2) is 87.9 Å². The number of rotatable bonds is 9. The van der Waals surface area contributed by atoms with Gasteiger partial charge in [-0.05, 0) is 70.0 Å². The second kappa shape index (κ2) is 12.1. The first kappa shape index (κ1) is 29.9. The number of fused-ring (bicyclic) bond motifs is 3. The van der Waals surface area contributed by atoms with E-state index in [9.17, 15) is 9.18 Å². The molecule has 0 radical (unpaired) electrons. The molecule has 0 spiro atoms. The maximum Gasteiger partial charge on any atom is 0.204 e. The van der Waals surface area contributed by atoms with Gasteiger partial charge in [0, 0.05) is 35.7 Å². The van der Waals surface area contributed by atoms with Crippen LogP contribution in [0.5, 0.6) is 23.0 Å². The molecule has 2 aromatic heterocycles. The Balaban J connectivity index is 1.58. The fourth-order valence-corrected chi connectivity index (χ4v) is 5.37. The van der Waals surface area contributed by atoms with E-state index in [1.54, 1.807) is 43.8 Å². The topological polar surface area (TPSA) is 80.0 Å². The number of methoxy groups -OCH3 is 1. The SMILES string of the molecule is COc1c(OCc2ccc(F)cc2)cc2oc3cc4c(c(OCc5cccnc5)c3c(=O)c2c1CC=C(C)C)C=CC(C)(C)O4. The molecule has 6 rings (SSSR count). The van der Waals surface area contributed by atoms with Crippen LogP contribution in [0.25, 0.3) is 28.0 Å². The summed E-state index contributed by atoms with van der Waals surface area (Å²) in [6, 6.07) is 13.2. The first-order chi connectivity index (χ1) is 21.6. The van der Waals surface area contributed by atoms with Crippen molar-refractivity contribution >= 4 is 28.0 Å². The Morgan fingerprint density at radius 2 is 1.73 bits per heavy atom. The Labute approximate surface area is 260 Å². The molecule has 230 valence electrons. The van der Waals surface area contributed by atoms with Crippen molar-refractivity contribution in [1.29, 1.82) is 0 Å². The van der Waals surface area contributed by atoms with Gasteiger partial charge in [-0.1, -0.05) is 29.8 Å². The molecule has 0 unspecified atom stereocenters. The van der Waals surface area contributed by atoms with Gasteiger partial charge < -0.3 is 23.4 Å². The van der Waals surface area contributed by atoms with Crippen LogP contribution in [0.4, 0.5) is 4.39 Å². The zero-order chi connectivity index (χ0) is 31.7. The van der Waals surface area contributed by atoms with Crippen molar-refractivity contribution in [1.82, 2.24) is 4.98 Å². The average Bonchev–Trinajstić information content (AvgIpc) is 3.01. The van der Waals surface area contributed by atoms with E-state index in [2.05, 4.69) is 4.98 Å². The van der Waals surface area contributed by atoms with Crippen molar-refractivity contribution in [2.75, 3.05) is 7.11 Å². The molecule has 0 fully saturated rings. The van der Waals surface area contributed by atoms with Gasteiger partial charge >= 0.3 is 0 Å². The third-order valence-corrected chi connectivity index (χ3v) is 7.58. The lowest BCUT2D eigenvalue weighted by molar-refractivity contribution is 0.158.